The molecule has 5 heavy (non-hydrogen) atoms. The van der Waals surface area contributed by atoms with Gasteiger partial charge in [0.15, 0.2) is 0 Å². The predicted octanol–water partition coefficient (Wildman–Crippen LogP) is -1.12. The Hall–Kier alpha value is 0.826. The van der Waals surface area contributed by atoms with E-state index in [0.717, 1.165) is 0 Å². The molecule has 0 amide bonds. The zero-order valence-electron chi connectivity index (χ0n) is 2.17. The summed E-state index contributed by atoms with van der Waals surface area (Å²) in [7, 11) is 0. The molecule has 0 N–H and O–H groups in total. The monoisotopic (exact) mass is 331 g/mol. The standard InChI is InChI=1S/Bi.GeO2.O/c;2-1-3;. The summed E-state index contributed by atoms with van der Waals surface area (Å²) in [6.45, 7) is 0. The van der Waals surface area contributed by atoms with Gasteiger partial charge in [-0.3, -0.25) is 0 Å². The average molecular weight is 330 g/mol. The topological polar surface area (TPSA) is 51.2 Å². The third-order valence-corrected chi connectivity index (χ3v) is 0. The Morgan fingerprint density at radius 1 is 1.20 bits per heavy atom. The molecule has 5 heteroatoms. The van der Waals surface area contributed by atoms with Crippen LogP contribution in [0, 0.1) is 0 Å². The Morgan fingerprint density at radius 3 is 1.20 bits per heavy atom. The minimum atomic E-state index is -2.00. The summed E-state index contributed by atoms with van der Waals surface area (Å²) in [5.74, 6) is 0. The molecule has 0 aliphatic carbocycles. The van der Waals surface area contributed by atoms with E-state index in [-0.39, 0.29) is 24.7 Å². The first kappa shape index (κ1) is 9.27. The van der Waals surface area contributed by atoms with E-state index in [2.05, 4.69) is 0 Å². The number of rotatable bonds is 0. The first-order valence-corrected chi connectivity index (χ1v) is 3.72. The van der Waals surface area contributed by atoms with Crippen LogP contribution in [-0.4, -0.2) is 40.0 Å². The molecule has 27 valence electrons. The van der Waals surface area contributed by atoms with Gasteiger partial charge in [-0.15, -0.1) is 0 Å². The zero-order valence-corrected chi connectivity index (χ0v) is 7.75. The molecule has 0 atom stereocenters. The van der Waals surface area contributed by atoms with Crippen LogP contribution in [-0.2, 0) is 10.4 Å². The van der Waals surface area contributed by atoms with Crippen molar-refractivity contribution in [3.8, 4) is 0 Å². The van der Waals surface area contributed by atoms with Gasteiger partial charge in [0.2, 0.25) is 0 Å². The number of hydrogen-bond acceptors (Lipinski definition) is 3. The van der Waals surface area contributed by atoms with Crippen molar-refractivity contribution >= 4 is 40.0 Å². The van der Waals surface area contributed by atoms with Crippen LogP contribution in [0.1, 0.15) is 0 Å². The Balaban J connectivity index is 0. The van der Waals surface area contributed by atoms with Crippen LogP contribution in [0.3, 0.4) is 0 Å². The normalized spacial score (nSPS) is 2.40. The van der Waals surface area contributed by atoms with E-state index in [0.29, 0.717) is 0 Å². The molecular weight excluding hydrogens is 330 g/mol. The maximum absolute atomic E-state index is 8.50. The molecule has 0 unspecified atom stereocenters. The predicted molar refractivity (Wildman–Crippen MR) is 13.6 cm³/mol. The molecular formula is BiGeO3. The molecule has 0 bridgehead atoms. The van der Waals surface area contributed by atoms with Gasteiger partial charge in [0.1, 0.15) is 0 Å². The molecule has 0 spiro atoms. The second-order valence-electron chi connectivity index (χ2n) is 0.0833. The molecule has 0 aromatic heterocycles. The maximum atomic E-state index is 8.50. The van der Waals surface area contributed by atoms with E-state index in [1.165, 1.54) is 0 Å². The summed E-state index contributed by atoms with van der Waals surface area (Å²) in [5, 5.41) is 0. The average Bonchev–Trinajstić information content (AvgIpc) is 1.46. The molecule has 0 saturated carbocycles. The third-order valence-electron chi connectivity index (χ3n) is 0. The van der Waals surface area contributed by atoms with Crippen LogP contribution in [0.25, 0.3) is 0 Å². The Labute approximate surface area is 50.3 Å². The second-order valence-corrected chi connectivity index (χ2v) is 0.433. The summed E-state index contributed by atoms with van der Waals surface area (Å²) in [6.07, 6.45) is 0. The van der Waals surface area contributed by atoms with Crippen molar-refractivity contribution in [2.45, 2.75) is 0 Å². The van der Waals surface area contributed by atoms with E-state index in [1.54, 1.807) is 0 Å². The molecule has 0 aromatic carbocycles. The molecule has 0 aromatic rings. The van der Waals surface area contributed by atoms with Gasteiger partial charge in [0, 0.05) is 0 Å². The molecule has 0 aliphatic rings. The first-order chi connectivity index (χ1) is 2.41. The quantitative estimate of drug-likeness (QED) is 0.529. The van der Waals surface area contributed by atoms with Crippen LogP contribution in [0.4, 0.5) is 0 Å². The van der Waals surface area contributed by atoms with Crippen LogP contribution in [0.5, 0.6) is 0 Å². The van der Waals surface area contributed by atoms with Gasteiger partial charge in [0.25, 0.3) is 0 Å². The van der Waals surface area contributed by atoms with Gasteiger partial charge in [-0.2, -0.15) is 0 Å². The summed E-state index contributed by atoms with van der Waals surface area (Å²) in [4.78, 5) is 0. The molecule has 0 aliphatic heterocycles. The molecule has 3 nitrogen and oxygen atoms in total. The Kier molecular flexibility index (Phi) is 39.3. The summed E-state index contributed by atoms with van der Waals surface area (Å²) in [6, 6.07) is 0. The van der Waals surface area contributed by atoms with E-state index >= 15 is 0 Å². The van der Waals surface area contributed by atoms with Gasteiger partial charge in [-0.25, -0.2) is 0 Å². The first-order valence-electron chi connectivity index (χ1n) is 0.591. The molecule has 0 heterocycles. The fraction of sp³-hybridized carbons (Fsp3) is 0. The summed E-state index contributed by atoms with van der Waals surface area (Å²) in [5.41, 5.74) is 0. The van der Waals surface area contributed by atoms with E-state index in [1.807, 2.05) is 0 Å². The van der Waals surface area contributed by atoms with E-state index < -0.39 is 15.3 Å². The molecule has 0 rings (SSSR count). The fourth-order valence-electron chi connectivity index (χ4n) is 0. The summed E-state index contributed by atoms with van der Waals surface area (Å²) >= 11 is -1.81. The van der Waals surface area contributed by atoms with E-state index in [4.69, 9.17) is 10.4 Å². The summed E-state index contributed by atoms with van der Waals surface area (Å²) < 4.78 is 25.4. The van der Waals surface area contributed by atoms with Crippen molar-refractivity contribution in [2.24, 2.45) is 0 Å². The van der Waals surface area contributed by atoms with Crippen LogP contribution >= 0.6 is 0 Å². The molecule has 1 radical (unpaired) electrons. The Bertz CT molecular complexity index is 36.2. The van der Waals surface area contributed by atoms with Gasteiger partial charge in [-0.1, -0.05) is 0 Å². The zero-order chi connectivity index (χ0) is 4.71. The van der Waals surface area contributed by atoms with Gasteiger partial charge < -0.3 is 0 Å². The van der Waals surface area contributed by atoms with Crippen molar-refractivity contribution in [2.75, 3.05) is 0 Å². The van der Waals surface area contributed by atoms with Crippen LogP contribution < -0.4 is 0 Å². The van der Waals surface area contributed by atoms with Gasteiger partial charge >= 0.3 is 50.4 Å². The SMILES string of the molecule is [O]=[Bi].[O]=[Ge]=[O]. The van der Waals surface area contributed by atoms with Crippen molar-refractivity contribution in [1.29, 1.82) is 0 Å². The van der Waals surface area contributed by atoms with Crippen molar-refractivity contribution < 1.29 is 10.4 Å². The second kappa shape index (κ2) is 21.2. The third kappa shape index (κ3) is 56.5. The molecule has 0 fully saturated rings. The van der Waals surface area contributed by atoms with Crippen molar-refractivity contribution in [3.63, 3.8) is 0 Å². The van der Waals surface area contributed by atoms with Gasteiger partial charge in [0.05, 0.1) is 0 Å². The minimum absolute atomic E-state index is 0.194. The number of hydrogen-bond donors (Lipinski definition) is 0. The fourth-order valence-corrected chi connectivity index (χ4v) is 0. The van der Waals surface area contributed by atoms with Crippen molar-refractivity contribution in [1.82, 2.24) is 0 Å². The molecule has 0 saturated heterocycles. The van der Waals surface area contributed by atoms with Crippen LogP contribution in [0.2, 0.25) is 0 Å². The van der Waals surface area contributed by atoms with Crippen LogP contribution in [0.15, 0.2) is 0 Å². The van der Waals surface area contributed by atoms with Gasteiger partial charge in [-0.05, 0) is 0 Å². The van der Waals surface area contributed by atoms with E-state index in [9.17, 15) is 0 Å². The van der Waals surface area contributed by atoms with Crippen molar-refractivity contribution in [3.05, 3.63) is 0 Å². The Morgan fingerprint density at radius 2 is 1.20 bits per heavy atom.